The first-order valence-electron chi connectivity index (χ1n) is 10.9. The number of carbonyl (C=O) groups is 2. The minimum atomic E-state index is -3.76. The lowest BCUT2D eigenvalue weighted by Gasteiger charge is -2.32. The van der Waals surface area contributed by atoms with Crippen molar-refractivity contribution in [2.24, 2.45) is 0 Å². The molecule has 0 fully saturated rings. The number of benzene rings is 2. The molecule has 8 nitrogen and oxygen atoms in total. The molecule has 0 saturated heterocycles. The number of methoxy groups -OCH3 is 1. The van der Waals surface area contributed by atoms with Crippen molar-refractivity contribution < 1.29 is 22.7 Å². The van der Waals surface area contributed by atoms with E-state index in [1.54, 1.807) is 56.5 Å². The van der Waals surface area contributed by atoms with Gasteiger partial charge >= 0.3 is 0 Å². The second kappa shape index (κ2) is 12.2. The Kier molecular flexibility index (Phi) is 9.93. The molecule has 0 bridgehead atoms. The van der Waals surface area contributed by atoms with Gasteiger partial charge < -0.3 is 15.0 Å². The van der Waals surface area contributed by atoms with Crippen molar-refractivity contribution in [3.8, 4) is 5.75 Å². The molecular formula is C24H32BrN3O5S. The van der Waals surface area contributed by atoms with E-state index in [9.17, 15) is 18.0 Å². The Labute approximate surface area is 210 Å². The molecule has 1 N–H and O–H groups in total. The highest BCUT2D eigenvalue weighted by molar-refractivity contribution is 9.10. The van der Waals surface area contributed by atoms with E-state index in [0.29, 0.717) is 11.4 Å². The molecule has 0 spiro atoms. The Morgan fingerprint density at radius 3 is 2.32 bits per heavy atom. The van der Waals surface area contributed by atoms with Crippen molar-refractivity contribution in [3.05, 3.63) is 58.6 Å². The standard InChI is InChI=1S/C24H32BrN3O5S/c1-6-17(2)26-24(30)18(3)27(15-19-8-7-9-22(14-19)33-4)23(29)16-28(34(5,31)32)21-12-10-20(25)11-13-21/h7-14,17-18H,6,15-16H2,1-5H3,(H,26,30)/t17-,18+/m0/s1. The second-order valence-electron chi connectivity index (χ2n) is 8.11. The van der Waals surface area contributed by atoms with E-state index in [0.717, 1.165) is 27.0 Å². The summed E-state index contributed by atoms with van der Waals surface area (Å²) in [5.74, 6) is -0.183. The van der Waals surface area contributed by atoms with Gasteiger partial charge in [0.25, 0.3) is 0 Å². The first-order valence-corrected chi connectivity index (χ1v) is 13.6. The Bertz CT molecular complexity index is 1090. The average molecular weight is 555 g/mol. The number of hydrogen-bond acceptors (Lipinski definition) is 5. The average Bonchev–Trinajstić information content (AvgIpc) is 2.80. The summed E-state index contributed by atoms with van der Waals surface area (Å²) in [4.78, 5) is 27.8. The quantitative estimate of drug-likeness (QED) is 0.459. The van der Waals surface area contributed by atoms with Gasteiger partial charge in [-0.2, -0.15) is 0 Å². The van der Waals surface area contributed by atoms with Crippen LogP contribution in [-0.4, -0.2) is 57.1 Å². The molecule has 0 saturated carbocycles. The van der Waals surface area contributed by atoms with Gasteiger partial charge in [-0.3, -0.25) is 13.9 Å². The number of carbonyl (C=O) groups excluding carboxylic acids is 2. The highest BCUT2D eigenvalue weighted by atomic mass is 79.9. The van der Waals surface area contributed by atoms with E-state index in [1.165, 1.54) is 4.90 Å². The summed E-state index contributed by atoms with van der Waals surface area (Å²) in [7, 11) is -2.21. The molecule has 0 radical (unpaired) electrons. The van der Waals surface area contributed by atoms with Crippen LogP contribution in [0, 0.1) is 0 Å². The van der Waals surface area contributed by atoms with Crippen LogP contribution < -0.4 is 14.4 Å². The molecule has 0 heterocycles. The molecule has 186 valence electrons. The fourth-order valence-corrected chi connectivity index (χ4v) is 4.35. The molecule has 34 heavy (non-hydrogen) atoms. The van der Waals surface area contributed by atoms with Crippen molar-refractivity contribution in [3.63, 3.8) is 0 Å². The minimum absolute atomic E-state index is 0.0565. The van der Waals surface area contributed by atoms with Crippen LogP contribution in [0.3, 0.4) is 0 Å². The van der Waals surface area contributed by atoms with Crippen molar-refractivity contribution >= 4 is 43.5 Å². The maximum absolute atomic E-state index is 13.5. The summed E-state index contributed by atoms with van der Waals surface area (Å²) in [6.45, 7) is 5.16. The molecule has 0 aliphatic carbocycles. The van der Waals surface area contributed by atoms with Crippen molar-refractivity contribution in [2.45, 2.75) is 45.8 Å². The van der Waals surface area contributed by atoms with E-state index in [-0.39, 0.29) is 18.5 Å². The Hall–Kier alpha value is -2.59. The summed E-state index contributed by atoms with van der Waals surface area (Å²) in [6, 6.07) is 12.9. The molecular weight excluding hydrogens is 522 g/mol. The van der Waals surface area contributed by atoms with Gasteiger partial charge in [0.15, 0.2) is 0 Å². The van der Waals surface area contributed by atoms with Crippen molar-refractivity contribution in [1.29, 1.82) is 0 Å². The van der Waals surface area contributed by atoms with Gasteiger partial charge in [0.1, 0.15) is 18.3 Å². The molecule has 0 aromatic heterocycles. The SMILES string of the molecule is CC[C@H](C)NC(=O)[C@@H](C)N(Cc1cccc(OC)c1)C(=O)CN(c1ccc(Br)cc1)S(C)(=O)=O. The number of amides is 2. The van der Waals surface area contributed by atoms with Gasteiger partial charge in [0, 0.05) is 17.1 Å². The normalized spacial score (nSPS) is 13.0. The van der Waals surface area contributed by atoms with E-state index in [2.05, 4.69) is 21.2 Å². The number of nitrogens with one attached hydrogen (secondary N) is 1. The van der Waals surface area contributed by atoms with Crippen LogP contribution >= 0.6 is 15.9 Å². The molecule has 2 aromatic rings. The zero-order chi connectivity index (χ0) is 25.5. The molecule has 2 rings (SSSR count). The third kappa shape index (κ3) is 7.73. The van der Waals surface area contributed by atoms with Gasteiger partial charge in [-0.05, 0) is 62.2 Å². The Balaban J connectivity index is 2.39. The van der Waals surface area contributed by atoms with Gasteiger partial charge in [-0.25, -0.2) is 8.42 Å². The Morgan fingerprint density at radius 1 is 1.12 bits per heavy atom. The molecule has 10 heteroatoms. The van der Waals surface area contributed by atoms with Crippen molar-refractivity contribution in [2.75, 3.05) is 24.2 Å². The maximum Gasteiger partial charge on any atom is 0.244 e. The summed E-state index contributed by atoms with van der Waals surface area (Å²) in [5.41, 5.74) is 1.11. The number of halogens is 1. The fraction of sp³-hybridized carbons (Fsp3) is 0.417. The van der Waals surface area contributed by atoms with E-state index >= 15 is 0 Å². The van der Waals surface area contributed by atoms with Gasteiger partial charge in [-0.15, -0.1) is 0 Å². The van der Waals surface area contributed by atoms with E-state index < -0.39 is 28.5 Å². The lowest BCUT2D eigenvalue weighted by Crippen LogP contribution is -2.52. The van der Waals surface area contributed by atoms with Crippen LogP contribution in [-0.2, 0) is 26.2 Å². The monoisotopic (exact) mass is 553 g/mol. The van der Waals surface area contributed by atoms with E-state index in [1.807, 2.05) is 19.9 Å². The predicted octanol–water partition coefficient (Wildman–Crippen LogP) is 3.56. The minimum Gasteiger partial charge on any atom is -0.497 e. The van der Waals surface area contributed by atoms with Crippen LogP contribution in [0.4, 0.5) is 5.69 Å². The second-order valence-corrected chi connectivity index (χ2v) is 10.9. The molecule has 0 aliphatic heterocycles. The first kappa shape index (κ1) is 27.7. The fourth-order valence-electron chi connectivity index (χ4n) is 3.24. The number of nitrogens with zero attached hydrogens (tertiary/aromatic N) is 2. The molecule has 0 unspecified atom stereocenters. The predicted molar refractivity (Wildman–Crippen MR) is 137 cm³/mol. The van der Waals surface area contributed by atoms with Crippen LogP contribution in [0.1, 0.15) is 32.8 Å². The van der Waals surface area contributed by atoms with Gasteiger partial charge in [0.05, 0.1) is 19.1 Å². The largest absolute Gasteiger partial charge is 0.497 e. The lowest BCUT2D eigenvalue weighted by molar-refractivity contribution is -0.139. The molecule has 2 atom stereocenters. The summed E-state index contributed by atoms with van der Waals surface area (Å²) in [5, 5.41) is 2.90. The van der Waals surface area contributed by atoms with Gasteiger partial charge in [-0.1, -0.05) is 35.0 Å². The van der Waals surface area contributed by atoms with Gasteiger partial charge in [0.2, 0.25) is 21.8 Å². The van der Waals surface area contributed by atoms with Crippen molar-refractivity contribution in [1.82, 2.24) is 10.2 Å². The van der Waals surface area contributed by atoms with Crippen LogP contribution in [0.2, 0.25) is 0 Å². The molecule has 2 amide bonds. The summed E-state index contributed by atoms with van der Waals surface area (Å²) in [6.07, 6.45) is 1.79. The number of rotatable bonds is 11. The topological polar surface area (TPSA) is 96.0 Å². The van der Waals surface area contributed by atoms with Crippen LogP contribution in [0.15, 0.2) is 53.0 Å². The van der Waals surface area contributed by atoms with Crippen LogP contribution in [0.25, 0.3) is 0 Å². The third-order valence-corrected chi connectivity index (χ3v) is 7.12. The maximum atomic E-state index is 13.5. The first-order chi connectivity index (χ1) is 16.0. The number of sulfonamides is 1. The Morgan fingerprint density at radius 2 is 1.76 bits per heavy atom. The highest BCUT2D eigenvalue weighted by Crippen LogP contribution is 2.22. The summed E-state index contributed by atoms with van der Waals surface area (Å²) < 4.78 is 32.2. The third-order valence-electron chi connectivity index (χ3n) is 5.45. The summed E-state index contributed by atoms with van der Waals surface area (Å²) >= 11 is 3.33. The smallest absolute Gasteiger partial charge is 0.244 e. The molecule has 2 aromatic carbocycles. The molecule has 0 aliphatic rings. The van der Waals surface area contributed by atoms with E-state index in [4.69, 9.17) is 4.74 Å². The lowest BCUT2D eigenvalue weighted by atomic mass is 10.1. The zero-order valence-electron chi connectivity index (χ0n) is 20.1. The zero-order valence-corrected chi connectivity index (χ0v) is 22.5. The number of hydrogen-bond donors (Lipinski definition) is 1. The number of ether oxygens (including phenoxy) is 1. The highest BCUT2D eigenvalue weighted by Gasteiger charge is 2.30. The van der Waals surface area contributed by atoms with Crippen LogP contribution in [0.5, 0.6) is 5.75 Å². The number of anilines is 1.